The van der Waals surface area contributed by atoms with Crippen LogP contribution in [0.15, 0.2) is 84.9 Å². The zero-order valence-corrected chi connectivity index (χ0v) is 15.9. The Bertz CT molecular complexity index is 1170. The number of aromatic carboxylic acids is 1. The quantitative estimate of drug-likeness (QED) is 0.419. The minimum atomic E-state index is -1.04. The molecule has 1 heterocycles. The van der Waals surface area contributed by atoms with Gasteiger partial charge in [-0.25, -0.2) is 14.2 Å². The molecule has 0 atom stereocenters. The standard InChI is InChI=1S/C24H15ClFNO2/c25-19-9-5-18(6-10-19)23-21(24(28)29)13-14-22(27-23)17-3-1-15(2-4-17)16-7-11-20(26)12-8-16/h1-14H,(H,28,29). The molecule has 0 amide bonds. The maximum absolute atomic E-state index is 13.1. The van der Waals surface area contributed by atoms with Crippen molar-refractivity contribution in [1.82, 2.24) is 4.98 Å². The molecular weight excluding hydrogens is 389 g/mol. The molecule has 4 rings (SSSR count). The van der Waals surface area contributed by atoms with Crippen LogP contribution in [0.3, 0.4) is 0 Å². The maximum atomic E-state index is 13.1. The van der Waals surface area contributed by atoms with Crippen molar-refractivity contribution in [3.05, 3.63) is 101 Å². The molecule has 0 unspecified atom stereocenters. The number of carbonyl (C=O) groups is 1. The number of carboxylic acids is 1. The fourth-order valence-corrected chi connectivity index (χ4v) is 3.22. The Kier molecular flexibility index (Phi) is 5.10. The van der Waals surface area contributed by atoms with Gasteiger partial charge in [-0.2, -0.15) is 0 Å². The van der Waals surface area contributed by atoms with E-state index >= 15 is 0 Å². The van der Waals surface area contributed by atoms with E-state index in [9.17, 15) is 14.3 Å². The normalized spacial score (nSPS) is 10.7. The summed E-state index contributed by atoms with van der Waals surface area (Å²) in [5.74, 6) is -1.32. The Morgan fingerprint density at radius 2 is 1.24 bits per heavy atom. The van der Waals surface area contributed by atoms with Crippen LogP contribution in [0.1, 0.15) is 10.4 Å². The predicted octanol–water partition coefficient (Wildman–Crippen LogP) is 6.57. The highest BCUT2D eigenvalue weighted by molar-refractivity contribution is 6.30. The van der Waals surface area contributed by atoms with Crippen LogP contribution in [0.2, 0.25) is 5.02 Å². The summed E-state index contributed by atoms with van der Waals surface area (Å²) in [6.45, 7) is 0. The Morgan fingerprint density at radius 1 is 0.724 bits per heavy atom. The highest BCUT2D eigenvalue weighted by Crippen LogP contribution is 2.29. The fourth-order valence-electron chi connectivity index (χ4n) is 3.10. The Labute approximate surface area is 172 Å². The number of benzene rings is 3. The summed E-state index contributed by atoms with van der Waals surface area (Å²) >= 11 is 5.95. The summed E-state index contributed by atoms with van der Waals surface area (Å²) in [7, 11) is 0. The van der Waals surface area contributed by atoms with Crippen molar-refractivity contribution in [3.8, 4) is 33.6 Å². The summed E-state index contributed by atoms with van der Waals surface area (Å²) in [4.78, 5) is 16.2. The summed E-state index contributed by atoms with van der Waals surface area (Å²) in [6.07, 6.45) is 0. The van der Waals surface area contributed by atoms with Crippen molar-refractivity contribution in [2.75, 3.05) is 0 Å². The summed E-state index contributed by atoms with van der Waals surface area (Å²) in [5.41, 5.74) is 4.56. The number of pyridine rings is 1. The Balaban J connectivity index is 1.73. The predicted molar refractivity (Wildman–Crippen MR) is 112 cm³/mol. The molecule has 0 aliphatic carbocycles. The number of carboxylic acid groups (broad SMARTS) is 1. The first kappa shape index (κ1) is 18.8. The smallest absolute Gasteiger partial charge is 0.337 e. The van der Waals surface area contributed by atoms with Crippen molar-refractivity contribution in [2.24, 2.45) is 0 Å². The van der Waals surface area contributed by atoms with Gasteiger partial charge in [0.05, 0.1) is 17.0 Å². The lowest BCUT2D eigenvalue weighted by Crippen LogP contribution is -2.02. The van der Waals surface area contributed by atoms with Gasteiger partial charge in [0, 0.05) is 16.1 Å². The van der Waals surface area contributed by atoms with Gasteiger partial charge < -0.3 is 5.11 Å². The first-order valence-corrected chi connectivity index (χ1v) is 9.26. The van der Waals surface area contributed by atoms with Gasteiger partial charge in [-0.15, -0.1) is 0 Å². The van der Waals surface area contributed by atoms with Crippen LogP contribution in [-0.4, -0.2) is 16.1 Å². The average Bonchev–Trinajstić information content (AvgIpc) is 2.74. The Hall–Kier alpha value is -3.50. The molecule has 0 aliphatic rings. The van der Waals surface area contributed by atoms with Crippen LogP contribution in [0.5, 0.6) is 0 Å². The van der Waals surface area contributed by atoms with E-state index in [1.54, 1.807) is 48.5 Å². The third-order valence-corrected chi connectivity index (χ3v) is 4.85. The molecule has 0 bridgehead atoms. The molecule has 5 heteroatoms. The van der Waals surface area contributed by atoms with Gasteiger partial charge >= 0.3 is 5.97 Å². The minimum Gasteiger partial charge on any atom is -0.478 e. The van der Waals surface area contributed by atoms with Gasteiger partial charge in [0.1, 0.15) is 5.82 Å². The van der Waals surface area contributed by atoms with Gasteiger partial charge in [0.25, 0.3) is 0 Å². The highest BCUT2D eigenvalue weighted by Gasteiger charge is 2.15. The van der Waals surface area contributed by atoms with E-state index in [4.69, 9.17) is 11.6 Å². The number of aromatic nitrogens is 1. The SMILES string of the molecule is O=C(O)c1ccc(-c2ccc(-c3ccc(F)cc3)cc2)nc1-c1ccc(Cl)cc1. The van der Waals surface area contributed by atoms with Crippen LogP contribution in [0, 0.1) is 5.82 Å². The molecule has 142 valence electrons. The minimum absolute atomic E-state index is 0.124. The Morgan fingerprint density at radius 3 is 1.83 bits per heavy atom. The van der Waals surface area contributed by atoms with E-state index in [2.05, 4.69) is 4.98 Å². The van der Waals surface area contributed by atoms with Gasteiger partial charge in [0.2, 0.25) is 0 Å². The molecular formula is C24H15ClFNO2. The van der Waals surface area contributed by atoms with E-state index in [1.165, 1.54) is 12.1 Å². The van der Waals surface area contributed by atoms with E-state index in [-0.39, 0.29) is 11.4 Å². The third-order valence-electron chi connectivity index (χ3n) is 4.60. The monoisotopic (exact) mass is 403 g/mol. The molecule has 0 saturated carbocycles. The molecule has 3 aromatic carbocycles. The lowest BCUT2D eigenvalue weighted by Gasteiger charge is -2.10. The van der Waals surface area contributed by atoms with E-state index in [0.29, 0.717) is 22.0 Å². The molecule has 0 radical (unpaired) electrons. The number of hydrogen-bond acceptors (Lipinski definition) is 2. The first-order chi connectivity index (χ1) is 14.0. The van der Waals surface area contributed by atoms with Crippen LogP contribution in [0.25, 0.3) is 33.6 Å². The molecule has 1 aromatic heterocycles. The number of nitrogens with zero attached hydrogens (tertiary/aromatic N) is 1. The van der Waals surface area contributed by atoms with Crippen LogP contribution < -0.4 is 0 Å². The van der Waals surface area contributed by atoms with Gasteiger partial charge in [-0.3, -0.25) is 0 Å². The van der Waals surface area contributed by atoms with Crippen molar-refractivity contribution in [3.63, 3.8) is 0 Å². The lowest BCUT2D eigenvalue weighted by molar-refractivity contribution is 0.0697. The number of rotatable bonds is 4. The number of hydrogen-bond donors (Lipinski definition) is 1. The summed E-state index contributed by atoms with van der Waals surface area (Å²) < 4.78 is 13.1. The van der Waals surface area contributed by atoms with Crippen molar-refractivity contribution >= 4 is 17.6 Å². The largest absolute Gasteiger partial charge is 0.478 e. The molecule has 1 N–H and O–H groups in total. The second kappa shape index (κ2) is 7.86. The van der Waals surface area contributed by atoms with Gasteiger partial charge in [-0.05, 0) is 47.5 Å². The van der Waals surface area contributed by atoms with Gasteiger partial charge in [0.15, 0.2) is 0 Å². The second-order valence-corrected chi connectivity index (χ2v) is 6.93. The molecule has 0 fully saturated rings. The molecule has 29 heavy (non-hydrogen) atoms. The lowest BCUT2D eigenvalue weighted by atomic mass is 10.0. The highest BCUT2D eigenvalue weighted by atomic mass is 35.5. The van der Waals surface area contributed by atoms with Crippen LogP contribution in [-0.2, 0) is 0 Å². The molecule has 0 aliphatic heterocycles. The molecule has 3 nitrogen and oxygen atoms in total. The third kappa shape index (κ3) is 4.03. The summed E-state index contributed by atoms with van der Waals surface area (Å²) in [5, 5.41) is 10.1. The van der Waals surface area contributed by atoms with E-state index in [0.717, 1.165) is 16.7 Å². The number of halogens is 2. The zero-order chi connectivity index (χ0) is 20.4. The van der Waals surface area contributed by atoms with Crippen molar-refractivity contribution in [1.29, 1.82) is 0 Å². The molecule has 0 saturated heterocycles. The van der Waals surface area contributed by atoms with Crippen LogP contribution >= 0.6 is 11.6 Å². The fraction of sp³-hybridized carbons (Fsp3) is 0. The zero-order valence-electron chi connectivity index (χ0n) is 15.1. The van der Waals surface area contributed by atoms with E-state index in [1.807, 2.05) is 24.3 Å². The molecule has 4 aromatic rings. The second-order valence-electron chi connectivity index (χ2n) is 6.49. The van der Waals surface area contributed by atoms with Crippen molar-refractivity contribution in [2.45, 2.75) is 0 Å². The van der Waals surface area contributed by atoms with Gasteiger partial charge in [-0.1, -0.05) is 60.1 Å². The summed E-state index contributed by atoms with van der Waals surface area (Å²) in [6, 6.07) is 24.1. The van der Waals surface area contributed by atoms with Crippen molar-refractivity contribution < 1.29 is 14.3 Å². The molecule has 0 spiro atoms. The average molecular weight is 404 g/mol. The maximum Gasteiger partial charge on any atom is 0.337 e. The first-order valence-electron chi connectivity index (χ1n) is 8.88. The van der Waals surface area contributed by atoms with Crippen LogP contribution in [0.4, 0.5) is 4.39 Å². The topological polar surface area (TPSA) is 50.2 Å². The van der Waals surface area contributed by atoms with E-state index < -0.39 is 5.97 Å².